The van der Waals surface area contributed by atoms with Crippen LogP contribution in [0.5, 0.6) is 0 Å². The number of pyridine rings is 1. The second-order valence-corrected chi connectivity index (χ2v) is 6.81. The first-order valence-corrected chi connectivity index (χ1v) is 9.68. The summed E-state index contributed by atoms with van der Waals surface area (Å²) in [5, 5.41) is 11.0. The molecule has 1 unspecified atom stereocenters. The van der Waals surface area contributed by atoms with Gasteiger partial charge < -0.3 is 10.6 Å². The summed E-state index contributed by atoms with van der Waals surface area (Å²) in [6, 6.07) is 6.20. The second kappa shape index (κ2) is 9.15. The number of hydrogen-bond donors (Lipinski definition) is 2. The topological polar surface area (TPSA) is 67.1 Å². The smallest absolute Gasteiger partial charge is 0.191 e. The van der Waals surface area contributed by atoms with Gasteiger partial charge in [-0.25, -0.2) is 15.0 Å². The van der Waals surface area contributed by atoms with Crippen molar-refractivity contribution in [3.05, 3.63) is 65.0 Å². The average Bonchev–Trinajstić information content (AvgIpc) is 3.38. The van der Waals surface area contributed by atoms with Gasteiger partial charge in [0, 0.05) is 31.7 Å². The van der Waals surface area contributed by atoms with Gasteiger partial charge in [-0.2, -0.15) is 11.3 Å². The minimum atomic E-state index is 0.446. The summed E-state index contributed by atoms with van der Waals surface area (Å²) in [5.41, 5.74) is 2.43. The molecule has 0 amide bonds. The molecule has 6 nitrogen and oxygen atoms in total. The molecule has 0 aromatic carbocycles. The van der Waals surface area contributed by atoms with E-state index in [4.69, 9.17) is 0 Å². The number of nitrogens with zero attached hydrogens (tertiary/aromatic N) is 4. The third kappa shape index (κ3) is 4.92. The van der Waals surface area contributed by atoms with Crippen molar-refractivity contribution in [2.45, 2.75) is 26.3 Å². The fourth-order valence-corrected chi connectivity index (χ4v) is 3.27. The Hall–Kier alpha value is -2.67. The normalized spacial score (nSPS) is 12.8. The first-order valence-electron chi connectivity index (χ1n) is 8.73. The highest BCUT2D eigenvalue weighted by atomic mass is 32.1. The Morgan fingerprint density at radius 2 is 2.23 bits per heavy atom. The molecular formula is C19H24N6S. The van der Waals surface area contributed by atoms with Crippen LogP contribution >= 0.6 is 11.3 Å². The first-order chi connectivity index (χ1) is 12.8. The summed E-state index contributed by atoms with van der Waals surface area (Å²) in [6.07, 6.45) is 7.21. The lowest BCUT2D eigenvalue weighted by atomic mass is 10.1. The number of aliphatic imine (C=N–C) groups is 1. The highest BCUT2D eigenvalue weighted by Crippen LogP contribution is 2.17. The van der Waals surface area contributed by atoms with E-state index in [0.29, 0.717) is 12.5 Å². The Morgan fingerprint density at radius 1 is 1.31 bits per heavy atom. The SMILES string of the molecule is CCNC(=NCc1ccc(-n2ccnc2)nc1)NCC(C)c1ccsc1. The Bertz CT molecular complexity index is 793. The molecule has 3 rings (SSSR count). The first kappa shape index (κ1) is 18.1. The van der Waals surface area contributed by atoms with Gasteiger partial charge >= 0.3 is 0 Å². The molecule has 3 aromatic heterocycles. The molecule has 3 aromatic rings. The minimum Gasteiger partial charge on any atom is -0.357 e. The highest BCUT2D eigenvalue weighted by Gasteiger charge is 2.07. The Kier molecular flexibility index (Phi) is 6.38. The van der Waals surface area contributed by atoms with Gasteiger partial charge in [-0.05, 0) is 46.9 Å². The lowest BCUT2D eigenvalue weighted by Crippen LogP contribution is -2.39. The van der Waals surface area contributed by atoms with Crippen molar-refractivity contribution in [2.75, 3.05) is 13.1 Å². The Labute approximate surface area is 158 Å². The van der Waals surface area contributed by atoms with Crippen molar-refractivity contribution in [3.63, 3.8) is 0 Å². The number of guanidine groups is 1. The average molecular weight is 369 g/mol. The van der Waals surface area contributed by atoms with Crippen molar-refractivity contribution >= 4 is 17.3 Å². The third-order valence-corrected chi connectivity index (χ3v) is 4.73. The van der Waals surface area contributed by atoms with Crippen molar-refractivity contribution in [1.29, 1.82) is 0 Å². The van der Waals surface area contributed by atoms with Gasteiger partial charge in [0.05, 0.1) is 6.54 Å². The molecule has 0 aliphatic carbocycles. The monoisotopic (exact) mass is 368 g/mol. The number of aromatic nitrogens is 3. The van der Waals surface area contributed by atoms with Crippen LogP contribution in [0.15, 0.2) is 58.9 Å². The van der Waals surface area contributed by atoms with Crippen LogP contribution in [0, 0.1) is 0 Å². The van der Waals surface area contributed by atoms with E-state index in [-0.39, 0.29) is 0 Å². The van der Waals surface area contributed by atoms with E-state index in [1.165, 1.54) is 5.56 Å². The maximum absolute atomic E-state index is 4.67. The molecule has 0 aliphatic rings. The minimum absolute atomic E-state index is 0.446. The van der Waals surface area contributed by atoms with Crippen LogP contribution in [0.1, 0.15) is 30.9 Å². The fraction of sp³-hybridized carbons (Fsp3) is 0.316. The van der Waals surface area contributed by atoms with Gasteiger partial charge in [-0.1, -0.05) is 13.0 Å². The van der Waals surface area contributed by atoms with Crippen LogP contribution in [-0.4, -0.2) is 33.6 Å². The highest BCUT2D eigenvalue weighted by molar-refractivity contribution is 7.07. The molecule has 3 heterocycles. The summed E-state index contributed by atoms with van der Waals surface area (Å²) >= 11 is 1.73. The summed E-state index contributed by atoms with van der Waals surface area (Å²) in [5.74, 6) is 2.12. The van der Waals surface area contributed by atoms with Crippen molar-refractivity contribution in [3.8, 4) is 5.82 Å². The predicted molar refractivity (Wildman–Crippen MR) is 107 cm³/mol. The zero-order valence-corrected chi connectivity index (χ0v) is 15.9. The second-order valence-electron chi connectivity index (χ2n) is 6.03. The molecule has 0 bridgehead atoms. The Balaban J connectivity index is 1.58. The van der Waals surface area contributed by atoms with Gasteiger partial charge in [-0.15, -0.1) is 0 Å². The van der Waals surface area contributed by atoms with Crippen LogP contribution in [0.3, 0.4) is 0 Å². The summed E-state index contributed by atoms with van der Waals surface area (Å²) < 4.78 is 1.88. The summed E-state index contributed by atoms with van der Waals surface area (Å²) in [6.45, 7) is 6.55. The zero-order chi connectivity index (χ0) is 18.2. The number of imidazole rings is 1. The standard InChI is InChI=1S/C19H24N6S/c1-3-21-19(23-10-15(2)17-6-9-26-13-17)24-12-16-4-5-18(22-11-16)25-8-7-20-14-25/h4-9,11,13-15H,3,10,12H2,1-2H3,(H2,21,23,24). The molecule has 7 heteroatoms. The molecule has 2 N–H and O–H groups in total. The van der Waals surface area contributed by atoms with E-state index < -0.39 is 0 Å². The molecule has 1 atom stereocenters. The number of nitrogens with one attached hydrogen (secondary N) is 2. The molecule has 0 saturated heterocycles. The van der Waals surface area contributed by atoms with E-state index in [1.54, 1.807) is 23.9 Å². The van der Waals surface area contributed by atoms with Gasteiger partial charge in [0.15, 0.2) is 5.96 Å². The number of thiophene rings is 1. The van der Waals surface area contributed by atoms with Crippen LogP contribution in [0.4, 0.5) is 0 Å². The van der Waals surface area contributed by atoms with Gasteiger partial charge in [0.2, 0.25) is 0 Å². The van der Waals surface area contributed by atoms with Crippen molar-refractivity contribution in [1.82, 2.24) is 25.2 Å². The molecule has 136 valence electrons. The Morgan fingerprint density at radius 3 is 2.88 bits per heavy atom. The molecule has 0 saturated carbocycles. The van der Waals surface area contributed by atoms with Crippen LogP contribution in [0.2, 0.25) is 0 Å². The largest absolute Gasteiger partial charge is 0.357 e. The molecule has 0 radical (unpaired) electrons. The van der Waals surface area contributed by atoms with Crippen LogP contribution in [-0.2, 0) is 6.54 Å². The van der Waals surface area contributed by atoms with E-state index in [1.807, 2.05) is 29.1 Å². The molecule has 0 aliphatic heterocycles. The van der Waals surface area contributed by atoms with Crippen molar-refractivity contribution < 1.29 is 0 Å². The van der Waals surface area contributed by atoms with Crippen LogP contribution in [0.25, 0.3) is 5.82 Å². The van der Waals surface area contributed by atoms with E-state index in [9.17, 15) is 0 Å². The molecule has 0 fully saturated rings. The maximum atomic E-state index is 4.67. The van der Waals surface area contributed by atoms with Crippen molar-refractivity contribution in [2.24, 2.45) is 4.99 Å². The lowest BCUT2D eigenvalue weighted by molar-refractivity contribution is 0.701. The number of hydrogen-bond acceptors (Lipinski definition) is 4. The van der Waals surface area contributed by atoms with Gasteiger partial charge in [0.1, 0.15) is 12.1 Å². The fourth-order valence-electron chi connectivity index (χ4n) is 2.49. The zero-order valence-electron chi connectivity index (χ0n) is 15.1. The lowest BCUT2D eigenvalue weighted by Gasteiger charge is -2.15. The third-order valence-electron chi connectivity index (χ3n) is 4.03. The molecule has 26 heavy (non-hydrogen) atoms. The maximum Gasteiger partial charge on any atom is 0.191 e. The molecular weight excluding hydrogens is 344 g/mol. The van der Waals surface area contributed by atoms with Gasteiger partial charge in [0.25, 0.3) is 0 Å². The molecule has 0 spiro atoms. The van der Waals surface area contributed by atoms with E-state index in [0.717, 1.165) is 30.4 Å². The van der Waals surface area contributed by atoms with Crippen LogP contribution < -0.4 is 10.6 Å². The quantitative estimate of drug-likeness (QED) is 0.496. The van der Waals surface area contributed by atoms with E-state index in [2.05, 4.69) is 56.3 Å². The predicted octanol–water partition coefficient (Wildman–Crippen LogP) is 3.19. The number of rotatable bonds is 7. The summed E-state index contributed by atoms with van der Waals surface area (Å²) in [4.78, 5) is 13.2. The van der Waals surface area contributed by atoms with Gasteiger partial charge in [-0.3, -0.25) is 4.57 Å². The summed E-state index contributed by atoms with van der Waals surface area (Å²) in [7, 11) is 0. The van der Waals surface area contributed by atoms with E-state index >= 15 is 0 Å².